The Hall–Kier alpha value is -0.890. The zero-order valence-electron chi connectivity index (χ0n) is 10.3. The fourth-order valence-electron chi connectivity index (χ4n) is 1.30. The molecule has 7 heteroatoms. The molecule has 0 atom stereocenters. The molecule has 1 aromatic heterocycles. The van der Waals surface area contributed by atoms with Gasteiger partial charge in [0.05, 0.1) is 0 Å². The van der Waals surface area contributed by atoms with Crippen LogP contribution in [0.15, 0.2) is 45.1 Å². The Bertz CT molecular complexity index is 663. The molecule has 0 bridgehead atoms. The Morgan fingerprint density at radius 3 is 2.32 bits per heavy atom. The highest BCUT2D eigenvalue weighted by atomic mass is 79.9. The van der Waals surface area contributed by atoms with Gasteiger partial charge in [-0.25, -0.2) is 12.7 Å². The summed E-state index contributed by atoms with van der Waals surface area (Å²) in [5, 5.41) is 0.544. The van der Waals surface area contributed by atoms with Gasteiger partial charge in [-0.2, -0.15) is 0 Å². The van der Waals surface area contributed by atoms with Gasteiger partial charge in [-0.3, -0.25) is 0 Å². The predicted molar refractivity (Wildman–Crippen MR) is 79.4 cm³/mol. The number of hydrogen-bond acceptors (Lipinski definition) is 4. The van der Waals surface area contributed by atoms with Crippen LogP contribution in [0.3, 0.4) is 0 Å². The van der Waals surface area contributed by atoms with Crippen molar-refractivity contribution in [3.8, 4) is 10.8 Å². The number of hydrogen-bond donors (Lipinski definition) is 0. The maximum absolute atomic E-state index is 11.9. The van der Waals surface area contributed by atoms with Crippen LogP contribution >= 0.6 is 27.3 Å². The number of nitrogens with zero attached hydrogens (tertiary/aromatic N) is 1. The monoisotopic (exact) mass is 361 g/mol. The maximum atomic E-state index is 11.9. The summed E-state index contributed by atoms with van der Waals surface area (Å²) in [6, 6.07) is 10.5. The lowest BCUT2D eigenvalue weighted by molar-refractivity contribution is 0.496. The summed E-state index contributed by atoms with van der Waals surface area (Å²) in [5.41, 5.74) is 0. The van der Waals surface area contributed by atoms with Crippen molar-refractivity contribution < 1.29 is 13.2 Å². The molecule has 0 saturated carbocycles. The van der Waals surface area contributed by atoms with E-state index in [4.69, 9.17) is 4.74 Å². The van der Waals surface area contributed by atoms with E-state index in [0.29, 0.717) is 10.8 Å². The second-order valence-electron chi connectivity index (χ2n) is 3.92. The average Bonchev–Trinajstić information content (AvgIpc) is 2.81. The molecule has 0 unspecified atom stereocenters. The predicted octanol–water partition coefficient (Wildman–Crippen LogP) is 3.55. The minimum Gasteiger partial charge on any atom is -0.447 e. The van der Waals surface area contributed by atoms with Crippen LogP contribution in [0.2, 0.25) is 0 Å². The molecule has 0 aliphatic carbocycles. The summed E-state index contributed by atoms with van der Waals surface area (Å²) in [5.74, 6) is 0.666. The van der Waals surface area contributed by atoms with Gasteiger partial charge in [0.25, 0.3) is 10.0 Å². The van der Waals surface area contributed by atoms with E-state index in [1.165, 1.54) is 18.4 Å². The molecule has 1 aromatic carbocycles. The zero-order chi connectivity index (χ0) is 14.0. The Balaban J connectivity index is 2.20. The van der Waals surface area contributed by atoms with Crippen molar-refractivity contribution in [1.82, 2.24) is 4.31 Å². The number of rotatable bonds is 4. The van der Waals surface area contributed by atoms with Crippen LogP contribution in [0.25, 0.3) is 0 Å². The lowest BCUT2D eigenvalue weighted by atomic mass is 10.3. The minimum atomic E-state index is -3.39. The SMILES string of the molecule is CN(C)S(=O)(=O)c1ccc(Oc2ccc(Br)cc2)s1. The molecule has 0 radical (unpaired) electrons. The van der Waals surface area contributed by atoms with Crippen molar-refractivity contribution in [2.24, 2.45) is 0 Å². The smallest absolute Gasteiger partial charge is 0.252 e. The fraction of sp³-hybridized carbons (Fsp3) is 0.167. The third kappa shape index (κ3) is 3.36. The Morgan fingerprint density at radius 2 is 1.74 bits per heavy atom. The maximum Gasteiger partial charge on any atom is 0.252 e. The minimum absolute atomic E-state index is 0.268. The second-order valence-corrected chi connectivity index (χ2v) is 8.26. The molecule has 0 fully saturated rings. The molecule has 0 aliphatic heterocycles. The summed E-state index contributed by atoms with van der Waals surface area (Å²) in [6.07, 6.45) is 0. The molecule has 19 heavy (non-hydrogen) atoms. The van der Waals surface area contributed by atoms with Crippen LogP contribution in [-0.2, 0) is 10.0 Å². The topological polar surface area (TPSA) is 46.6 Å². The van der Waals surface area contributed by atoms with E-state index in [1.54, 1.807) is 12.1 Å². The normalized spacial score (nSPS) is 11.8. The van der Waals surface area contributed by atoms with E-state index >= 15 is 0 Å². The average molecular weight is 362 g/mol. The number of ether oxygens (including phenoxy) is 1. The Labute approximate surface area is 124 Å². The summed E-state index contributed by atoms with van der Waals surface area (Å²) < 4.78 is 31.8. The summed E-state index contributed by atoms with van der Waals surface area (Å²) in [4.78, 5) is 0. The molecule has 0 amide bonds. The van der Waals surface area contributed by atoms with Crippen LogP contribution in [0.4, 0.5) is 0 Å². The highest BCUT2D eigenvalue weighted by Crippen LogP contribution is 2.33. The summed E-state index contributed by atoms with van der Waals surface area (Å²) in [6.45, 7) is 0. The summed E-state index contributed by atoms with van der Waals surface area (Å²) >= 11 is 4.44. The lowest BCUT2D eigenvalue weighted by Gasteiger charge is -2.08. The molecule has 1 heterocycles. The van der Waals surface area contributed by atoms with Crippen LogP contribution in [0, 0.1) is 0 Å². The Morgan fingerprint density at radius 1 is 1.11 bits per heavy atom. The Kier molecular flexibility index (Phi) is 4.29. The summed E-state index contributed by atoms with van der Waals surface area (Å²) in [7, 11) is -0.382. The van der Waals surface area contributed by atoms with E-state index in [0.717, 1.165) is 15.8 Å². The van der Waals surface area contributed by atoms with Gasteiger partial charge < -0.3 is 4.74 Å². The molecular formula is C12H12BrNO3S2. The quantitative estimate of drug-likeness (QED) is 0.836. The second kappa shape index (κ2) is 5.62. The van der Waals surface area contributed by atoms with E-state index < -0.39 is 10.0 Å². The van der Waals surface area contributed by atoms with E-state index in [1.807, 2.05) is 24.3 Å². The van der Waals surface area contributed by atoms with Gasteiger partial charge in [0.1, 0.15) is 9.96 Å². The molecule has 2 rings (SSSR count). The lowest BCUT2D eigenvalue weighted by Crippen LogP contribution is -2.21. The van der Waals surface area contributed by atoms with Crippen LogP contribution in [-0.4, -0.2) is 26.8 Å². The van der Waals surface area contributed by atoms with Crippen molar-refractivity contribution in [2.75, 3.05) is 14.1 Å². The molecule has 0 N–H and O–H groups in total. The first kappa shape index (κ1) is 14.5. The first-order valence-corrected chi connectivity index (χ1v) is 8.40. The highest BCUT2D eigenvalue weighted by molar-refractivity contribution is 9.10. The van der Waals surface area contributed by atoms with Crippen molar-refractivity contribution in [3.05, 3.63) is 40.9 Å². The highest BCUT2D eigenvalue weighted by Gasteiger charge is 2.20. The van der Waals surface area contributed by atoms with E-state index in [2.05, 4.69) is 15.9 Å². The zero-order valence-corrected chi connectivity index (χ0v) is 13.5. The molecule has 0 aliphatic rings. The molecule has 0 saturated heterocycles. The van der Waals surface area contributed by atoms with Crippen molar-refractivity contribution in [1.29, 1.82) is 0 Å². The van der Waals surface area contributed by atoms with Crippen LogP contribution < -0.4 is 4.74 Å². The molecule has 0 spiro atoms. The largest absolute Gasteiger partial charge is 0.447 e. The third-order valence-electron chi connectivity index (χ3n) is 2.32. The van der Waals surface area contributed by atoms with Gasteiger partial charge in [-0.1, -0.05) is 27.3 Å². The standard InChI is InChI=1S/C12H12BrNO3S2/c1-14(2)19(15,16)12-8-7-11(18-12)17-10-5-3-9(13)4-6-10/h3-8H,1-2H3. The van der Waals surface area contributed by atoms with Gasteiger partial charge in [0, 0.05) is 18.6 Å². The van der Waals surface area contributed by atoms with E-state index in [9.17, 15) is 8.42 Å². The van der Waals surface area contributed by atoms with Crippen LogP contribution in [0.1, 0.15) is 0 Å². The van der Waals surface area contributed by atoms with Crippen molar-refractivity contribution >= 4 is 37.3 Å². The van der Waals surface area contributed by atoms with Gasteiger partial charge in [0.2, 0.25) is 0 Å². The first-order valence-electron chi connectivity index (χ1n) is 5.35. The number of thiophene rings is 1. The number of halogens is 1. The molecule has 102 valence electrons. The first-order chi connectivity index (χ1) is 8.89. The third-order valence-corrected chi connectivity index (χ3v) is 6.10. The van der Waals surface area contributed by atoms with Gasteiger partial charge in [-0.15, -0.1) is 0 Å². The van der Waals surface area contributed by atoms with Gasteiger partial charge in [0.15, 0.2) is 5.06 Å². The van der Waals surface area contributed by atoms with Crippen LogP contribution in [0.5, 0.6) is 10.8 Å². The molecule has 2 aromatic rings. The number of sulfonamides is 1. The number of benzene rings is 1. The fourth-order valence-corrected chi connectivity index (χ4v) is 3.88. The van der Waals surface area contributed by atoms with E-state index in [-0.39, 0.29) is 4.21 Å². The van der Waals surface area contributed by atoms with Crippen molar-refractivity contribution in [3.63, 3.8) is 0 Å². The van der Waals surface area contributed by atoms with Gasteiger partial charge >= 0.3 is 0 Å². The van der Waals surface area contributed by atoms with Crippen molar-refractivity contribution in [2.45, 2.75) is 4.21 Å². The molecular weight excluding hydrogens is 350 g/mol. The molecule has 4 nitrogen and oxygen atoms in total. The van der Waals surface area contributed by atoms with Gasteiger partial charge in [-0.05, 0) is 36.4 Å².